The summed E-state index contributed by atoms with van der Waals surface area (Å²) in [6.45, 7) is 11.0. The Labute approximate surface area is 374 Å². The number of anilines is 2. The van der Waals surface area contributed by atoms with Gasteiger partial charge in [0.05, 0.1) is 18.1 Å². The van der Waals surface area contributed by atoms with Crippen molar-refractivity contribution < 1.29 is 33.6 Å². The predicted molar refractivity (Wildman–Crippen MR) is 248 cm³/mol. The molecule has 0 aromatic heterocycles. The van der Waals surface area contributed by atoms with Crippen molar-refractivity contribution >= 4 is 52.5 Å². The highest BCUT2D eigenvalue weighted by atomic mass is 16.2. The number of nitrogens with two attached hydrogens (primary N) is 2. The van der Waals surface area contributed by atoms with E-state index in [1.54, 1.807) is 55.3 Å². The maximum absolute atomic E-state index is 14.5. The van der Waals surface area contributed by atoms with Crippen LogP contribution in [-0.4, -0.2) is 109 Å². The monoisotopic (exact) mass is 875 g/mol. The molecule has 1 fully saturated rings. The number of Topliss-reactive ketones (excluding diaryl/α,β-unsaturated/α-hetero) is 3. The van der Waals surface area contributed by atoms with Gasteiger partial charge in [-0.05, 0) is 121 Å². The van der Waals surface area contributed by atoms with Gasteiger partial charge in [-0.15, -0.1) is 0 Å². The fraction of sp³-hybridized carbons (Fsp3) is 0.604. The van der Waals surface area contributed by atoms with Gasteiger partial charge in [0, 0.05) is 68.0 Å². The minimum absolute atomic E-state index is 0.00169. The summed E-state index contributed by atoms with van der Waals surface area (Å²) in [6, 6.07) is 11.5. The first kappa shape index (κ1) is 52.2. The molecule has 348 valence electrons. The normalized spacial score (nSPS) is 16.3. The molecule has 3 rings (SSSR count). The second-order valence-electron chi connectivity index (χ2n) is 18.0. The molecule has 15 nitrogen and oxygen atoms in total. The Balaban J connectivity index is 1.90. The van der Waals surface area contributed by atoms with E-state index in [1.807, 2.05) is 33.0 Å². The molecule has 0 aliphatic carbocycles. The van der Waals surface area contributed by atoms with Crippen molar-refractivity contribution in [3.8, 4) is 0 Å². The van der Waals surface area contributed by atoms with Gasteiger partial charge in [-0.25, -0.2) is 4.79 Å². The molecule has 0 saturated carbocycles. The number of nitrogens with one attached hydrogen (secondary N) is 4. The lowest BCUT2D eigenvalue weighted by Gasteiger charge is -2.30. The highest BCUT2D eigenvalue weighted by molar-refractivity contribution is 5.97. The number of primary amides is 1. The Morgan fingerprint density at radius 3 is 1.97 bits per heavy atom. The van der Waals surface area contributed by atoms with Crippen molar-refractivity contribution in [2.45, 2.75) is 129 Å². The van der Waals surface area contributed by atoms with Crippen molar-refractivity contribution in [2.24, 2.45) is 29.4 Å². The average molecular weight is 875 g/mol. The van der Waals surface area contributed by atoms with Crippen LogP contribution in [0.25, 0.3) is 0 Å². The van der Waals surface area contributed by atoms with Crippen LogP contribution in [0.5, 0.6) is 0 Å². The summed E-state index contributed by atoms with van der Waals surface area (Å²) >= 11 is 0. The van der Waals surface area contributed by atoms with Crippen LogP contribution in [0.3, 0.4) is 0 Å². The van der Waals surface area contributed by atoms with Gasteiger partial charge in [0.25, 0.3) is 0 Å². The number of unbranched alkanes of at least 4 members (excludes halogenated alkanes) is 1. The fourth-order valence-corrected chi connectivity index (χ4v) is 8.18. The van der Waals surface area contributed by atoms with E-state index in [9.17, 15) is 33.6 Å². The molecule has 0 radical (unpaired) electrons. The van der Waals surface area contributed by atoms with Crippen LogP contribution in [0.15, 0.2) is 48.5 Å². The number of amides is 5. The van der Waals surface area contributed by atoms with E-state index in [-0.39, 0.29) is 60.8 Å². The van der Waals surface area contributed by atoms with E-state index in [1.165, 1.54) is 7.05 Å². The van der Waals surface area contributed by atoms with Gasteiger partial charge in [-0.1, -0.05) is 51.5 Å². The number of benzene rings is 2. The lowest BCUT2D eigenvalue weighted by Crippen LogP contribution is -2.48. The molecule has 6 atom stereocenters. The quantitative estimate of drug-likeness (QED) is 0.0538. The largest absolute Gasteiger partial charge is 0.399 e. The van der Waals surface area contributed by atoms with Gasteiger partial charge < -0.3 is 42.5 Å². The lowest BCUT2D eigenvalue weighted by molar-refractivity contribution is -0.143. The number of hydrogen-bond acceptors (Lipinski definition) is 10. The number of carbonyl (C=O) groups is 7. The van der Waals surface area contributed by atoms with E-state index in [2.05, 4.69) is 40.0 Å². The molecule has 1 heterocycles. The molecule has 2 aromatic rings. The molecule has 0 spiro atoms. The average Bonchev–Trinajstić information content (AvgIpc) is 3.74. The number of nitrogen functional groups attached to an aromatic ring is 1. The van der Waals surface area contributed by atoms with Crippen molar-refractivity contribution in [1.29, 1.82) is 0 Å². The Kier molecular flexibility index (Phi) is 21.4. The van der Waals surface area contributed by atoms with Gasteiger partial charge >= 0.3 is 6.03 Å². The van der Waals surface area contributed by atoms with E-state index < -0.39 is 47.8 Å². The van der Waals surface area contributed by atoms with Crippen LogP contribution in [0.4, 0.5) is 16.2 Å². The van der Waals surface area contributed by atoms with Gasteiger partial charge in [0.1, 0.15) is 0 Å². The SMILES string of the molecule is CNC(=O)[C@@H](C)CC(=O)[C@@H]1CCCN1C(=O)[C@H](CCCCN(C)C(C)C)CC(=O)[C@H](CC(C)C)NC(=O)[C@H](CC(=O)[C@H](Cc1ccc(N)cc1)NC)Cc1ccc(NC(N)=O)cc1. The first-order valence-electron chi connectivity index (χ1n) is 22.6. The molecule has 8 N–H and O–H groups in total. The van der Waals surface area contributed by atoms with Crippen molar-refractivity contribution in [1.82, 2.24) is 25.8 Å². The molecule has 0 unspecified atom stereocenters. The summed E-state index contributed by atoms with van der Waals surface area (Å²) in [7, 11) is 5.27. The van der Waals surface area contributed by atoms with E-state index in [0.717, 1.165) is 24.1 Å². The number of rotatable bonds is 27. The Bertz CT molecular complexity index is 1830. The second kappa shape index (κ2) is 25.8. The van der Waals surface area contributed by atoms with Crippen molar-refractivity contribution in [3.63, 3.8) is 0 Å². The molecule has 5 amide bonds. The summed E-state index contributed by atoms with van der Waals surface area (Å²) in [5, 5.41) is 11.2. The van der Waals surface area contributed by atoms with Crippen LogP contribution in [0.1, 0.15) is 104 Å². The van der Waals surface area contributed by atoms with E-state index in [4.69, 9.17) is 11.5 Å². The molecular formula is C48H74N8O7. The Hall–Kier alpha value is -5.15. The van der Waals surface area contributed by atoms with Crippen molar-refractivity contribution in [2.75, 3.05) is 45.3 Å². The highest BCUT2D eigenvalue weighted by Gasteiger charge is 2.39. The molecule has 0 bridgehead atoms. The number of ketones is 3. The predicted octanol–water partition coefficient (Wildman–Crippen LogP) is 4.66. The molecule has 63 heavy (non-hydrogen) atoms. The van der Waals surface area contributed by atoms with E-state index in [0.29, 0.717) is 62.5 Å². The summed E-state index contributed by atoms with van der Waals surface area (Å²) in [6.07, 6.45) is 3.70. The van der Waals surface area contributed by atoms with Gasteiger partial charge in [0.2, 0.25) is 17.7 Å². The van der Waals surface area contributed by atoms with Crippen molar-refractivity contribution in [3.05, 3.63) is 59.7 Å². The summed E-state index contributed by atoms with van der Waals surface area (Å²) in [4.78, 5) is 98.5. The number of carbonyl (C=O) groups excluding carboxylic acids is 7. The van der Waals surface area contributed by atoms with Crippen LogP contribution < -0.4 is 32.7 Å². The van der Waals surface area contributed by atoms with Gasteiger partial charge in [-0.2, -0.15) is 0 Å². The number of likely N-dealkylation sites (tertiary alicyclic amines) is 1. The molecule has 1 aliphatic rings. The minimum Gasteiger partial charge on any atom is -0.399 e. The van der Waals surface area contributed by atoms with E-state index >= 15 is 0 Å². The van der Waals surface area contributed by atoms with Gasteiger partial charge in [-0.3, -0.25) is 28.8 Å². The smallest absolute Gasteiger partial charge is 0.316 e. The Morgan fingerprint density at radius 2 is 1.38 bits per heavy atom. The first-order valence-corrected chi connectivity index (χ1v) is 22.6. The fourth-order valence-electron chi connectivity index (χ4n) is 8.18. The standard InChI is InChI=1S/C48H74N8O7/c1-30(2)24-40(43(58)28-35(12-9-10-22-55(8)31(3)4)47(62)56-23-11-13-41(56)44(59)25-32(5)45(60)52-7)54-46(61)36(26-33-16-20-38(21-17-33)53-48(50)63)29-42(57)39(51-6)27-34-14-18-37(49)19-15-34/h14-21,30-32,35-36,39-41,51H,9-13,22-29,49H2,1-8H3,(H,52,60)(H,54,61)(H3,50,53,63)/t32-,35+,36-,39-,40-,41-/m0/s1. The summed E-state index contributed by atoms with van der Waals surface area (Å²) in [5.41, 5.74) is 13.9. The number of urea groups is 1. The maximum Gasteiger partial charge on any atom is 0.316 e. The maximum atomic E-state index is 14.5. The zero-order valence-corrected chi connectivity index (χ0v) is 38.8. The second-order valence-corrected chi connectivity index (χ2v) is 18.0. The Morgan fingerprint density at radius 1 is 0.778 bits per heavy atom. The third-order valence-electron chi connectivity index (χ3n) is 12.2. The molecule has 15 heteroatoms. The number of likely N-dealkylation sites (N-methyl/N-ethyl adjacent to an activating group) is 1. The third kappa shape index (κ3) is 17.2. The zero-order valence-electron chi connectivity index (χ0n) is 38.8. The lowest BCUT2D eigenvalue weighted by atomic mass is 9.87. The van der Waals surface area contributed by atoms with Gasteiger partial charge in [0.15, 0.2) is 17.3 Å². The van der Waals surface area contributed by atoms with Crippen LogP contribution in [-0.2, 0) is 41.6 Å². The van der Waals surface area contributed by atoms with Crippen LogP contribution in [0, 0.1) is 23.7 Å². The number of nitrogens with zero attached hydrogens (tertiary/aromatic N) is 2. The molecule has 1 saturated heterocycles. The topological polar surface area (TPSA) is 226 Å². The first-order chi connectivity index (χ1) is 29.8. The highest BCUT2D eigenvalue weighted by Crippen LogP contribution is 2.28. The molecular weight excluding hydrogens is 801 g/mol. The summed E-state index contributed by atoms with van der Waals surface area (Å²) in [5.74, 6) is -3.70. The molecule has 1 aliphatic heterocycles. The number of hydrogen-bond donors (Lipinski definition) is 6. The summed E-state index contributed by atoms with van der Waals surface area (Å²) < 4.78 is 0. The zero-order chi connectivity index (χ0) is 46.8. The van der Waals surface area contributed by atoms with Crippen LogP contribution in [0.2, 0.25) is 0 Å². The third-order valence-corrected chi connectivity index (χ3v) is 12.2. The van der Waals surface area contributed by atoms with Crippen LogP contribution >= 0.6 is 0 Å². The molecule has 2 aromatic carbocycles. The minimum atomic E-state index is -0.932.